The molecule has 7 nitrogen and oxygen atoms in total. The molecule has 8 heteroatoms. The first-order valence-corrected chi connectivity index (χ1v) is 12.0. The van der Waals surface area contributed by atoms with Crippen molar-refractivity contribution in [2.24, 2.45) is 0 Å². The van der Waals surface area contributed by atoms with Crippen molar-refractivity contribution in [3.05, 3.63) is 94.4 Å². The maximum absolute atomic E-state index is 13.5. The quantitative estimate of drug-likeness (QED) is 0.185. The molecule has 170 valence electrons. The van der Waals surface area contributed by atoms with E-state index in [1.807, 2.05) is 62.4 Å². The van der Waals surface area contributed by atoms with Crippen molar-refractivity contribution in [2.75, 3.05) is 5.75 Å². The van der Waals surface area contributed by atoms with Gasteiger partial charge in [0.05, 0.1) is 16.6 Å². The van der Waals surface area contributed by atoms with Crippen molar-refractivity contribution in [3.8, 4) is 17.1 Å². The Morgan fingerprint density at radius 3 is 2.65 bits per heavy atom. The summed E-state index contributed by atoms with van der Waals surface area (Å²) in [6.45, 7) is 4.07. The minimum absolute atomic E-state index is 0.0565. The van der Waals surface area contributed by atoms with E-state index >= 15 is 0 Å². The van der Waals surface area contributed by atoms with Crippen LogP contribution in [0, 0.1) is 13.8 Å². The third-order valence-corrected chi connectivity index (χ3v) is 6.54. The SMILES string of the molecule is Cc1ccc(-n2c(SCCCc3nc(-c4ccncc4)no3)nc3ccccc3c2=O)c(C)c1. The summed E-state index contributed by atoms with van der Waals surface area (Å²) < 4.78 is 7.14. The Hall–Kier alpha value is -3.78. The van der Waals surface area contributed by atoms with Gasteiger partial charge in [0.15, 0.2) is 5.16 Å². The van der Waals surface area contributed by atoms with Gasteiger partial charge in [0.25, 0.3) is 5.56 Å². The zero-order valence-corrected chi connectivity index (χ0v) is 19.7. The number of nitrogens with zero attached hydrogens (tertiary/aromatic N) is 5. The topological polar surface area (TPSA) is 86.7 Å². The van der Waals surface area contributed by atoms with E-state index < -0.39 is 0 Å². The lowest BCUT2D eigenvalue weighted by atomic mass is 10.1. The summed E-state index contributed by atoms with van der Waals surface area (Å²) in [6, 6.07) is 17.3. The standard InChI is InChI=1S/C26H23N5O2S/c1-17-9-10-22(18(2)16-17)31-25(32)20-6-3-4-7-21(20)28-26(31)34-15-5-8-23-29-24(30-33-23)19-11-13-27-14-12-19/h3-4,6-7,9-14,16H,5,8,15H2,1-2H3. The van der Waals surface area contributed by atoms with Crippen molar-refractivity contribution in [1.82, 2.24) is 24.7 Å². The predicted molar refractivity (Wildman–Crippen MR) is 133 cm³/mol. The molecular weight excluding hydrogens is 446 g/mol. The lowest BCUT2D eigenvalue weighted by Gasteiger charge is -2.15. The number of hydrogen-bond donors (Lipinski definition) is 0. The Bertz CT molecular complexity index is 1510. The van der Waals surface area contributed by atoms with Crippen molar-refractivity contribution in [3.63, 3.8) is 0 Å². The number of hydrogen-bond acceptors (Lipinski definition) is 7. The molecule has 0 saturated heterocycles. The molecule has 0 atom stereocenters. The summed E-state index contributed by atoms with van der Waals surface area (Å²) in [5, 5.41) is 5.35. The summed E-state index contributed by atoms with van der Waals surface area (Å²) in [6.07, 6.45) is 4.85. The normalized spacial score (nSPS) is 11.2. The molecule has 0 radical (unpaired) electrons. The summed E-state index contributed by atoms with van der Waals surface area (Å²) in [5.41, 5.74) is 4.57. The number of thioether (sulfide) groups is 1. The van der Waals surface area contributed by atoms with Gasteiger partial charge < -0.3 is 4.52 Å². The molecule has 3 aromatic heterocycles. The lowest BCUT2D eigenvalue weighted by molar-refractivity contribution is 0.378. The minimum atomic E-state index is -0.0565. The Morgan fingerprint density at radius 1 is 1.00 bits per heavy atom. The van der Waals surface area contributed by atoms with Crippen LogP contribution in [-0.4, -0.2) is 30.4 Å². The van der Waals surface area contributed by atoms with Crippen molar-refractivity contribution in [2.45, 2.75) is 31.8 Å². The fourth-order valence-corrected chi connectivity index (χ4v) is 4.78. The fraction of sp³-hybridized carbons (Fsp3) is 0.192. The average Bonchev–Trinajstić information content (AvgIpc) is 3.32. The number of aromatic nitrogens is 5. The number of benzene rings is 2. The molecule has 0 aliphatic heterocycles. The van der Waals surface area contributed by atoms with E-state index in [0.29, 0.717) is 34.2 Å². The summed E-state index contributed by atoms with van der Waals surface area (Å²) in [5.74, 6) is 1.90. The lowest BCUT2D eigenvalue weighted by Crippen LogP contribution is -2.22. The Kier molecular flexibility index (Phi) is 6.22. The zero-order valence-electron chi connectivity index (χ0n) is 18.9. The first-order chi connectivity index (χ1) is 16.6. The molecule has 0 bridgehead atoms. The summed E-state index contributed by atoms with van der Waals surface area (Å²) in [7, 11) is 0. The molecule has 0 saturated carbocycles. The molecule has 0 amide bonds. The van der Waals surface area contributed by atoms with Crippen LogP contribution in [0.25, 0.3) is 28.0 Å². The van der Waals surface area contributed by atoms with Crippen LogP contribution in [0.2, 0.25) is 0 Å². The molecule has 0 unspecified atom stereocenters. The molecule has 0 spiro atoms. The molecule has 2 aromatic carbocycles. The smallest absolute Gasteiger partial charge is 0.266 e. The van der Waals surface area contributed by atoms with Crippen LogP contribution in [0.4, 0.5) is 0 Å². The Labute approximate surface area is 200 Å². The monoisotopic (exact) mass is 469 g/mol. The van der Waals surface area contributed by atoms with E-state index in [0.717, 1.165) is 34.6 Å². The first-order valence-electron chi connectivity index (χ1n) is 11.1. The third-order valence-electron chi connectivity index (χ3n) is 5.51. The van der Waals surface area contributed by atoms with Gasteiger partial charge in [-0.25, -0.2) is 4.98 Å². The highest BCUT2D eigenvalue weighted by atomic mass is 32.2. The molecule has 0 N–H and O–H groups in total. The van der Waals surface area contributed by atoms with Gasteiger partial charge >= 0.3 is 0 Å². The second kappa shape index (κ2) is 9.61. The van der Waals surface area contributed by atoms with Crippen LogP contribution in [0.15, 0.2) is 81.5 Å². The number of aryl methyl sites for hydroxylation is 3. The van der Waals surface area contributed by atoms with E-state index in [1.54, 1.807) is 28.7 Å². The van der Waals surface area contributed by atoms with Gasteiger partial charge in [0.2, 0.25) is 11.7 Å². The third kappa shape index (κ3) is 4.49. The Balaban J connectivity index is 1.37. The fourth-order valence-electron chi connectivity index (χ4n) is 3.84. The maximum Gasteiger partial charge on any atom is 0.266 e. The van der Waals surface area contributed by atoms with E-state index in [9.17, 15) is 4.79 Å². The van der Waals surface area contributed by atoms with Crippen molar-refractivity contribution >= 4 is 22.7 Å². The summed E-state index contributed by atoms with van der Waals surface area (Å²) in [4.78, 5) is 26.8. The van der Waals surface area contributed by atoms with Crippen LogP contribution in [0.3, 0.4) is 0 Å². The number of fused-ring (bicyclic) bond motifs is 1. The number of rotatable bonds is 7. The van der Waals surface area contributed by atoms with Crippen molar-refractivity contribution < 1.29 is 4.52 Å². The molecule has 0 fully saturated rings. The van der Waals surface area contributed by atoms with Gasteiger partial charge in [-0.2, -0.15) is 4.98 Å². The van der Waals surface area contributed by atoms with E-state index in [1.165, 1.54) is 0 Å². The van der Waals surface area contributed by atoms with Gasteiger partial charge in [-0.15, -0.1) is 0 Å². The average molecular weight is 470 g/mol. The highest BCUT2D eigenvalue weighted by Gasteiger charge is 2.15. The molecule has 0 aliphatic rings. The van der Waals surface area contributed by atoms with E-state index in [2.05, 4.69) is 21.2 Å². The number of para-hydroxylation sites is 1. The largest absolute Gasteiger partial charge is 0.339 e. The second-order valence-corrected chi connectivity index (χ2v) is 9.10. The predicted octanol–water partition coefficient (Wildman–Crippen LogP) is 5.17. The Morgan fingerprint density at radius 2 is 1.82 bits per heavy atom. The minimum Gasteiger partial charge on any atom is -0.339 e. The second-order valence-electron chi connectivity index (χ2n) is 8.04. The first kappa shape index (κ1) is 22.0. The molecule has 0 aliphatic carbocycles. The van der Waals surface area contributed by atoms with Gasteiger partial charge in [0.1, 0.15) is 0 Å². The molecule has 5 rings (SSSR count). The van der Waals surface area contributed by atoms with Crippen LogP contribution in [0.5, 0.6) is 0 Å². The van der Waals surface area contributed by atoms with Crippen LogP contribution >= 0.6 is 11.8 Å². The van der Waals surface area contributed by atoms with Gasteiger partial charge in [0, 0.05) is 30.1 Å². The number of pyridine rings is 1. The van der Waals surface area contributed by atoms with Gasteiger partial charge in [-0.05, 0) is 56.2 Å². The molecule has 34 heavy (non-hydrogen) atoms. The highest BCUT2D eigenvalue weighted by Crippen LogP contribution is 2.25. The van der Waals surface area contributed by atoms with Crippen LogP contribution in [-0.2, 0) is 6.42 Å². The molecule has 3 heterocycles. The van der Waals surface area contributed by atoms with Crippen LogP contribution in [0.1, 0.15) is 23.4 Å². The maximum atomic E-state index is 13.5. The van der Waals surface area contributed by atoms with Crippen molar-refractivity contribution in [1.29, 1.82) is 0 Å². The van der Waals surface area contributed by atoms with Crippen LogP contribution < -0.4 is 5.56 Å². The highest BCUT2D eigenvalue weighted by molar-refractivity contribution is 7.99. The molecule has 5 aromatic rings. The van der Waals surface area contributed by atoms with Gasteiger partial charge in [-0.1, -0.05) is 46.7 Å². The van der Waals surface area contributed by atoms with E-state index in [4.69, 9.17) is 9.51 Å². The van der Waals surface area contributed by atoms with Gasteiger partial charge in [-0.3, -0.25) is 14.3 Å². The summed E-state index contributed by atoms with van der Waals surface area (Å²) >= 11 is 1.56. The molecular formula is C26H23N5O2S. The zero-order chi connectivity index (χ0) is 23.5. The van der Waals surface area contributed by atoms with E-state index in [-0.39, 0.29) is 5.56 Å².